The zero-order valence-electron chi connectivity index (χ0n) is 9.12. The van der Waals surface area contributed by atoms with Crippen molar-refractivity contribution in [1.82, 2.24) is 5.48 Å². The lowest BCUT2D eigenvalue weighted by molar-refractivity contribution is 0.133. The van der Waals surface area contributed by atoms with Gasteiger partial charge in [-0.25, -0.2) is 0 Å². The molecule has 0 aliphatic rings. The Morgan fingerprint density at radius 2 is 1.71 bits per heavy atom. The molecular formula is C12H19NO. The third kappa shape index (κ3) is 3.13. The Bertz CT molecular complexity index is 266. The lowest BCUT2D eigenvalue weighted by Gasteiger charge is -2.10. The molecule has 0 spiro atoms. The minimum atomic E-state index is 0.00287. The van der Waals surface area contributed by atoms with Gasteiger partial charge in [-0.3, -0.25) is 0 Å². The van der Waals surface area contributed by atoms with Crippen LogP contribution < -0.4 is 5.48 Å². The van der Waals surface area contributed by atoms with Crippen LogP contribution in [0.1, 0.15) is 37.9 Å². The Hall–Kier alpha value is -0.860. The maximum atomic E-state index is 8.75. The fourth-order valence-electron chi connectivity index (χ4n) is 1.49. The second-order valence-electron chi connectivity index (χ2n) is 4.19. The molecule has 1 aromatic rings. The maximum Gasteiger partial charge on any atom is 0.0540 e. The van der Waals surface area contributed by atoms with Crippen molar-refractivity contribution in [3.05, 3.63) is 35.4 Å². The Morgan fingerprint density at radius 3 is 2.14 bits per heavy atom. The fraction of sp³-hybridized carbons (Fsp3) is 0.500. The summed E-state index contributed by atoms with van der Waals surface area (Å²) in [7, 11) is 0. The van der Waals surface area contributed by atoms with Crippen molar-refractivity contribution in [2.75, 3.05) is 0 Å². The Morgan fingerprint density at radius 1 is 1.14 bits per heavy atom. The molecule has 0 fully saturated rings. The van der Waals surface area contributed by atoms with E-state index in [1.54, 1.807) is 0 Å². The molecule has 0 aliphatic carbocycles. The molecule has 1 aromatic carbocycles. The molecule has 2 N–H and O–H groups in total. The molecule has 1 unspecified atom stereocenters. The van der Waals surface area contributed by atoms with E-state index in [0.29, 0.717) is 5.92 Å². The van der Waals surface area contributed by atoms with Crippen LogP contribution in [0.25, 0.3) is 0 Å². The van der Waals surface area contributed by atoms with Gasteiger partial charge in [-0.15, -0.1) is 0 Å². The highest BCUT2D eigenvalue weighted by Crippen LogP contribution is 2.14. The molecule has 0 amide bonds. The lowest BCUT2D eigenvalue weighted by atomic mass is 10.0. The minimum Gasteiger partial charge on any atom is -0.316 e. The van der Waals surface area contributed by atoms with E-state index >= 15 is 0 Å². The Balaban J connectivity index is 2.68. The fourth-order valence-corrected chi connectivity index (χ4v) is 1.49. The summed E-state index contributed by atoms with van der Waals surface area (Å²) in [5, 5.41) is 8.75. The highest BCUT2D eigenvalue weighted by Gasteiger charge is 2.03. The number of nitrogens with one attached hydrogen (secondary N) is 1. The van der Waals surface area contributed by atoms with E-state index in [-0.39, 0.29) is 6.04 Å². The number of rotatable bonds is 4. The van der Waals surface area contributed by atoms with Gasteiger partial charge >= 0.3 is 0 Å². The Kier molecular flexibility index (Phi) is 4.11. The Labute approximate surface area is 85.9 Å². The molecule has 1 atom stereocenters. The van der Waals surface area contributed by atoms with E-state index in [1.165, 1.54) is 5.56 Å². The van der Waals surface area contributed by atoms with Gasteiger partial charge in [0.25, 0.3) is 0 Å². The molecular weight excluding hydrogens is 174 g/mol. The number of hydrogen-bond donors (Lipinski definition) is 2. The first kappa shape index (κ1) is 11.2. The van der Waals surface area contributed by atoms with Gasteiger partial charge in [-0.2, -0.15) is 5.48 Å². The first-order valence-electron chi connectivity index (χ1n) is 5.12. The lowest BCUT2D eigenvalue weighted by Crippen LogP contribution is -2.12. The predicted molar refractivity (Wildman–Crippen MR) is 58.3 cm³/mol. The zero-order chi connectivity index (χ0) is 10.6. The van der Waals surface area contributed by atoms with Crippen LogP contribution in [0.5, 0.6) is 0 Å². The summed E-state index contributed by atoms with van der Waals surface area (Å²) in [5.74, 6) is 0.689. The van der Waals surface area contributed by atoms with Gasteiger partial charge in [0, 0.05) is 0 Å². The molecule has 1 rings (SSSR count). The maximum absolute atomic E-state index is 8.75. The third-order valence-electron chi connectivity index (χ3n) is 2.32. The van der Waals surface area contributed by atoms with Crippen LogP contribution in [0.3, 0.4) is 0 Å². The molecule has 0 saturated carbocycles. The van der Waals surface area contributed by atoms with Gasteiger partial charge in [0.1, 0.15) is 0 Å². The number of hydrogen-bond acceptors (Lipinski definition) is 2. The summed E-state index contributed by atoms with van der Waals surface area (Å²) >= 11 is 0. The van der Waals surface area contributed by atoms with Crippen molar-refractivity contribution in [2.45, 2.75) is 33.2 Å². The van der Waals surface area contributed by atoms with E-state index in [0.717, 1.165) is 12.0 Å². The SMILES string of the molecule is CC(C)Cc1ccc(C(C)NO)cc1. The largest absolute Gasteiger partial charge is 0.316 e. The highest BCUT2D eigenvalue weighted by molar-refractivity contribution is 5.24. The topological polar surface area (TPSA) is 32.3 Å². The standard InChI is InChI=1S/C12H19NO/c1-9(2)8-11-4-6-12(7-5-11)10(3)13-14/h4-7,9-10,13-14H,8H2,1-3H3. The number of benzene rings is 1. The molecule has 2 heteroatoms. The third-order valence-corrected chi connectivity index (χ3v) is 2.32. The van der Waals surface area contributed by atoms with Gasteiger partial charge in [0.05, 0.1) is 6.04 Å². The van der Waals surface area contributed by atoms with Gasteiger partial charge in [0.15, 0.2) is 0 Å². The van der Waals surface area contributed by atoms with Crippen LogP contribution in [0.4, 0.5) is 0 Å². The normalized spacial score (nSPS) is 13.2. The van der Waals surface area contributed by atoms with Crippen LogP contribution in [0.15, 0.2) is 24.3 Å². The molecule has 0 saturated heterocycles. The number of hydroxylamine groups is 1. The summed E-state index contributed by atoms with van der Waals surface area (Å²) in [5.41, 5.74) is 4.71. The van der Waals surface area contributed by atoms with Crippen molar-refractivity contribution in [2.24, 2.45) is 5.92 Å². The highest BCUT2D eigenvalue weighted by atomic mass is 16.5. The molecule has 0 aromatic heterocycles. The molecule has 2 nitrogen and oxygen atoms in total. The molecule has 0 bridgehead atoms. The first-order chi connectivity index (χ1) is 6.63. The summed E-state index contributed by atoms with van der Waals surface area (Å²) in [4.78, 5) is 0. The van der Waals surface area contributed by atoms with Crippen molar-refractivity contribution < 1.29 is 5.21 Å². The average molecular weight is 193 g/mol. The summed E-state index contributed by atoms with van der Waals surface area (Å²) in [6.45, 7) is 6.36. The van der Waals surface area contributed by atoms with E-state index in [9.17, 15) is 0 Å². The molecule has 0 heterocycles. The van der Waals surface area contributed by atoms with Crippen LogP contribution >= 0.6 is 0 Å². The van der Waals surface area contributed by atoms with Crippen LogP contribution in [0, 0.1) is 5.92 Å². The van der Waals surface area contributed by atoms with Crippen LogP contribution in [-0.4, -0.2) is 5.21 Å². The zero-order valence-corrected chi connectivity index (χ0v) is 9.12. The summed E-state index contributed by atoms with van der Waals surface area (Å²) in [6, 6.07) is 8.38. The van der Waals surface area contributed by atoms with E-state index in [2.05, 4.69) is 43.6 Å². The average Bonchev–Trinajstić information content (AvgIpc) is 2.17. The van der Waals surface area contributed by atoms with Gasteiger partial charge in [-0.1, -0.05) is 38.1 Å². The molecule has 0 aliphatic heterocycles. The smallest absolute Gasteiger partial charge is 0.0540 e. The first-order valence-corrected chi connectivity index (χ1v) is 5.12. The predicted octanol–water partition coefficient (Wildman–Crippen LogP) is 2.92. The van der Waals surface area contributed by atoms with E-state index in [4.69, 9.17) is 5.21 Å². The molecule has 0 radical (unpaired) electrons. The van der Waals surface area contributed by atoms with Crippen molar-refractivity contribution >= 4 is 0 Å². The van der Waals surface area contributed by atoms with Crippen molar-refractivity contribution in [3.8, 4) is 0 Å². The van der Waals surface area contributed by atoms with Gasteiger partial charge in [-0.05, 0) is 30.4 Å². The van der Waals surface area contributed by atoms with Crippen LogP contribution in [-0.2, 0) is 6.42 Å². The molecule has 14 heavy (non-hydrogen) atoms. The van der Waals surface area contributed by atoms with Gasteiger partial charge < -0.3 is 5.21 Å². The monoisotopic (exact) mass is 193 g/mol. The van der Waals surface area contributed by atoms with Crippen molar-refractivity contribution in [3.63, 3.8) is 0 Å². The van der Waals surface area contributed by atoms with Crippen LogP contribution in [0.2, 0.25) is 0 Å². The quantitative estimate of drug-likeness (QED) is 0.721. The second kappa shape index (κ2) is 5.13. The molecule has 78 valence electrons. The van der Waals surface area contributed by atoms with Gasteiger partial charge in [0.2, 0.25) is 0 Å². The van der Waals surface area contributed by atoms with E-state index in [1.807, 2.05) is 6.92 Å². The minimum absolute atomic E-state index is 0.00287. The van der Waals surface area contributed by atoms with Crippen molar-refractivity contribution in [1.29, 1.82) is 0 Å². The summed E-state index contributed by atoms with van der Waals surface area (Å²) < 4.78 is 0. The summed E-state index contributed by atoms with van der Waals surface area (Å²) in [6.07, 6.45) is 1.11. The second-order valence-corrected chi connectivity index (χ2v) is 4.19. The van der Waals surface area contributed by atoms with E-state index < -0.39 is 0 Å².